The summed E-state index contributed by atoms with van der Waals surface area (Å²) < 4.78 is 7.49. The second kappa shape index (κ2) is 10.8. The van der Waals surface area contributed by atoms with Gasteiger partial charge in [0.1, 0.15) is 0 Å². The van der Waals surface area contributed by atoms with E-state index >= 15 is 0 Å². The van der Waals surface area contributed by atoms with E-state index < -0.39 is 0 Å². The first-order valence-corrected chi connectivity index (χ1v) is 12.2. The van der Waals surface area contributed by atoms with Crippen molar-refractivity contribution in [2.24, 2.45) is 4.99 Å². The van der Waals surface area contributed by atoms with Crippen LogP contribution in [0.4, 0.5) is 5.95 Å². The third-order valence-electron chi connectivity index (χ3n) is 5.35. The van der Waals surface area contributed by atoms with Crippen LogP contribution in [0.3, 0.4) is 0 Å². The smallest absolute Gasteiger partial charge is 0.338 e. The van der Waals surface area contributed by atoms with Gasteiger partial charge in [-0.15, -0.1) is 0 Å². The lowest BCUT2D eigenvalue weighted by Gasteiger charge is -2.13. The van der Waals surface area contributed by atoms with Crippen molar-refractivity contribution in [3.8, 4) is 0 Å². The van der Waals surface area contributed by atoms with Crippen molar-refractivity contribution in [3.63, 3.8) is 0 Å². The molecular weight excluding hydrogens is 412 g/mol. The molecule has 168 valence electrons. The molecular formula is C23H32N4O3S. The van der Waals surface area contributed by atoms with Crippen molar-refractivity contribution >= 4 is 45.8 Å². The lowest BCUT2D eigenvalue weighted by Crippen LogP contribution is -2.17. The summed E-state index contributed by atoms with van der Waals surface area (Å²) >= 11 is 1.65. The molecule has 1 N–H and O–H groups in total. The largest absolute Gasteiger partial charge is 0.459 e. The third kappa shape index (κ3) is 5.67. The number of hydrogen-bond donors (Lipinski definition) is 1. The highest BCUT2D eigenvalue weighted by Gasteiger charge is 2.24. The SMILES string of the molecule is CCCCCC(C)OC(=O)c1ccc2c(c1)nc(NC(=O)CC)n2C1=NC(CC)CS1. The molecule has 2 aromatic rings. The molecule has 2 heterocycles. The molecule has 1 aromatic heterocycles. The molecule has 31 heavy (non-hydrogen) atoms. The zero-order valence-electron chi connectivity index (χ0n) is 18.8. The minimum atomic E-state index is -0.349. The quantitative estimate of drug-likeness (QED) is 0.422. The van der Waals surface area contributed by atoms with Crippen LogP contribution >= 0.6 is 11.8 Å². The summed E-state index contributed by atoms with van der Waals surface area (Å²) in [7, 11) is 0. The molecule has 0 spiro atoms. The second-order valence-corrected chi connectivity index (χ2v) is 8.86. The summed E-state index contributed by atoms with van der Waals surface area (Å²) in [5, 5.41) is 3.69. The van der Waals surface area contributed by atoms with Crippen molar-refractivity contribution < 1.29 is 14.3 Å². The number of hydrogen-bond acceptors (Lipinski definition) is 6. The van der Waals surface area contributed by atoms with E-state index in [-0.39, 0.29) is 24.0 Å². The summed E-state index contributed by atoms with van der Waals surface area (Å²) in [6.45, 7) is 8.00. The number of nitrogens with one attached hydrogen (secondary N) is 1. The molecule has 1 aliphatic rings. The van der Waals surface area contributed by atoms with Gasteiger partial charge in [-0.1, -0.05) is 45.4 Å². The summed E-state index contributed by atoms with van der Waals surface area (Å²) in [6, 6.07) is 5.59. The molecule has 0 saturated heterocycles. The Hall–Kier alpha value is -2.35. The number of ether oxygens (including phenoxy) is 1. The Balaban J connectivity index is 1.88. The number of carbonyl (C=O) groups is 2. The van der Waals surface area contributed by atoms with E-state index in [1.807, 2.05) is 17.6 Å². The van der Waals surface area contributed by atoms with Crippen molar-refractivity contribution in [1.29, 1.82) is 0 Å². The fourth-order valence-corrected chi connectivity index (χ4v) is 4.61. The number of rotatable bonds is 9. The van der Waals surface area contributed by atoms with Crippen LogP contribution in [0.25, 0.3) is 11.0 Å². The highest BCUT2D eigenvalue weighted by Crippen LogP contribution is 2.29. The average Bonchev–Trinajstić information content (AvgIpc) is 3.36. The van der Waals surface area contributed by atoms with E-state index in [0.717, 1.165) is 48.5 Å². The first-order chi connectivity index (χ1) is 15.0. The Labute approximate surface area is 188 Å². The molecule has 0 saturated carbocycles. The summed E-state index contributed by atoms with van der Waals surface area (Å²) in [6.07, 6.45) is 5.38. The Morgan fingerprint density at radius 1 is 1.29 bits per heavy atom. The number of imidazole rings is 1. The van der Waals surface area contributed by atoms with E-state index in [1.54, 1.807) is 30.8 Å². The molecule has 2 unspecified atom stereocenters. The number of carbonyl (C=O) groups excluding carboxylic acids is 2. The van der Waals surface area contributed by atoms with Gasteiger partial charge in [0.2, 0.25) is 11.9 Å². The summed E-state index contributed by atoms with van der Waals surface area (Å²) in [4.78, 5) is 34.1. The predicted molar refractivity (Wildman–Crippen MR) is 127 cm³/mol. The van der Waals surface area contributed by atoms with E-state index in [1.165, 1.54) is 0 Å². The van der Waals surface area contributed by atoms with Crippen molar-refractivity contribution in [3.05, 3.63) is 23.8 Å². The Morgan fingerprint density at radius 3 is 2.77 bits per heavy atom. The average molecular weight is 445 g/mol. The number of nitrogens with zero attached hydrogens (tertiary/aromatic N) is 3. The highest BCUT2D eigenvalue weighted by molar-refractivity contribution is 8.14. The van der Waals surface area contributed by atoms with Gasteiger partial charge < -0.3 is 4.74 Å². The van der Waals surface area contributed by atoms with Gasteiger partial charge in [-0.05, 0) is 44.4 Å². The number of unbranched alkanes of at least 4 members (excludes halogenated alkanes) is 2. The molecule has 1 aromatic carbocycles. The fraction of sp³-hybridized carbons (Fsp3) is 0.565. The number of amides is 1. The van der Waals surface area contributed by atoms with Gasteiger partial charge in [0.15, 0.2) is 5.17 Å². The van der Waals surface area contributed by atoms with E-state index in [4.69, 9.17) is 9.73 Å². The van der Waals surface area contributed by atoms with Crippen molar-refractivity contribution in [1.82, 2.24) is 9.55 Å². The molecule has 1 aliphatic heterocycles. The molecule has 3 rings (SSSR count). The monoisotopic (exact) mass is 444 g/mol. The zero-order valence-corrected chi connectivity index (χ0v) is 19.6. The topological polar surface area (TPSA) is 85.6 Å². The number of aliphatic imine (C=N–C) groups is 1. The van der Waals surface area contributed by atoms with Gasteiger partial charge in [-0.25, -0.2) is 9.78 Å². The molecule has 7 nitrogen and oxygen atoms in total. The standard InChI is InChI=1S/C23H32N4O3S/c1-5-8-9-10-15(4)30-21(29)16-11-12-19-18(13-16)25-22(26-20(28)7-3)27(19)23-24-17(6-2)14-31-23/h11-13,15,17H,5-10,14H2,1-4H3,(H,25,26,28). The normalized spacial score (nSPS) is 16.9. The Kier molecular flexibility index (Phi) is 8.12. The number of benzene rings is 1. The maximum Gasteiger partial charge on any atom is 0.338 e. The first kappa shape index (κ1) is 23.3. The van der Waals surface area contributed by atoms with E-state index in [9.17, 15) is 9.59 Å². The molecule has 0 radical (unpaired) electrons. The maximum absolute atomic E-state index is 12.6. The van der Waals surface area contributed by atoms with Gasteiger partial charge in [0.05, 0.1) is 28.7 Å². The number of fused-ring (bicyclic) bond motifs is 1. The van der Waals surface area contributed by atoms with Gasteiger partial charge in [-0.3, -0.25) is 19.7 Å². The summed E-state index contributed by atoms with van der Waals surface area (Å²) in [5.41, 5.74) is 1.89. The predicted octanol–water partition coefficient (Wildman–Crippen LogP) is 5.24. The van der Waals surface area contributed by atoms with Gasteiger partial charge in [0.25, 0.3) is 0 Å². The lowest BCUT2D eigenvalue weighted by molar-refractivity contribution is -0.115. The zero-order chi connectivity index (χ0) is 22.4. The minimum absolute atomic E-state index is 0.118. The van der Waals surface area contributed by atoms with Gasteiger partial charge in [-0.2, -0.15) is 0 Å². The van der Waals surface area contributed by atoms with Crippen molar-refractivity contribution in [2.75, 3.05) is 11.1 Å². The number of esters is 1. The number of anilines is 1. The van der Waals surface area contributed by atoms with Crippen LogP contribution in [0.15, 0.2) is 23.2 Å². The third-order valence-corrected chi connectivity index (χ3v) is 6.44. The molecule has 2 atom stereocenters. The van der Waals surface area contributed by atoms with Crippen LogP contribution in [0.5, 0.6) is 0 Å². The van der Waals surface area contributed by atoms with Crippen LogP contribution < -0.4 is 5.32 Å². The molecule has 1 amide bonds. The van der Waals surface area contributed by atoms with Crippen molar-refractivity contribution in [2.45, 2.75) is 78.4 Å². The Morgan fingerprint density at radius 2 is 2.10 bits per heavy atom. The summed E-state index contributed by atoms with van der Waals surface area (Å²) in [5.74, 6) is 0.877. The molecule has 0 fully saturated rings. The van der Waals surface area contributed by atoms with Crippen LogP contribution in [-0.4, -0.2) is 44.5 Å². The highest BCUT2D eigenvalue weighted by atomic mass is 32.2. The van der Waals surface area contributed by atoms with Gasteiger partial charge in [0, 0.05) is 12.2 Å². The molecule has 8 heteroatoms. The maximum atomic E-state index is 12.6. The van der Waals surface area contributed by atoms with E-state index in [2.05, 4.69) is 24.1 Å². The molecule has 0 aliphatic carbocycles. The Bertz CT molecular complexity index is 969. The minimum Gasteiger partial charge on any atom is -0.459 e. The lowest BCUT2D eigenvalue weighted by atomic mass is 10.1. The van der Waals surface area contributed by atoms with Crippen LogP contribution in [0.1, 0.15) is 76.6 Å². The molecule has 0 bridgehead atoms. The van der Waals surface area contributed by atoms with Crippen LogP contribution in [-0.2, 0) is 9.53 Å². The second-order valence-electron chi connectivity index (χ2n) is 7.87. The number of aromatic nitrogens is 2. The van der Waals surface area contributed by atoms with Gasteiger partial charge >= 0.3 is 5.97 Å². The van der Waals surface area contributed by atoms with Crippen LogP contribution in [0.2, 0.25) is 0 Å². The fourth-order valence-electron chi connectivity index (χ4n) is 3.42. The van der Waals surface area contributed by atoms with Crippen LogP contribution in [0, 0.1) is 0 Å². The number of thioether (sulfide) groups is 1. The van der Waals surface area contributed by atoms with E-state index in [0.29, 0.717) is 23.4 Å². The first-order valence-electron chi connectivity index (χ1n) is 11.2.